The molecule has 0 amide bonds. The lowest BCUT2D eigenvalue weighted by atomic mass is 9.83. The first-order valence-electron chi connectivity index (χ1n) is 13.4. The number of benzene rings is 3. The summed E-state index contributed by atoms with van der Waals surface area (Å²) in [6.07, 6.45) is 0.0827. The minimum atomic E-state index is -3.33. The number of aliphatic carboxylic acids is 1. The Morgan fingerprint density at radius 2 is 1.82 bits per heavy atom. The van der Waals surface area contributed by atoms with Crippen molar-refractivity contribution in [2.24, 2.45) is 0 Å². The van der Waals surface area contributed by atoms with Gasteiger partial charge in [0.15, 0.2) is 0 Å². The fourth-order valence-electron chi connectivity index (χ4n) is 5.21. The Kier molecular flexibility index (Phi) is 9.22. The summed E-state index contributed by atoms with van der Waals surface area (Å²) in [7, 11) is 0.526. The lowest BCUT2D eigenvalue weighted by molar-refractivity contribution is -0.137. The zero-order valence-corrected chi connectivity index (χ0v) is 24.5. The van der Waals surface area contributed by atoms with E-state index in [-0.39, 0.29) is 24.9 Å². The van der Waals surface area contributed by atoms with Gasteiger partial charge in [0.2, 0.25) is 0 Å². The average molecular weight is 571 g/mol. The van der Waals surface area contributed by atoms with Crippen LogP contribution in [0.1, 0.15) is 52.6 Å². The summed E-state index contributed by atoms with van der Waals surface area (Å²) in [6.45, 7) is 6.85. The van der Waals surface area contributed by atoms with E-state index in [2.05, 4.69) is 0 Å². The van der Waals surface area contributed by atoms with Crippen LogP contribution in [0.3, 0.4) is 0 Å². The van der Waals surface area contributed by atoms with Gasteiger partial charge in [-0.2, -0.15) is 4.31 Å². The first-order chi connectivity index (χ1) is 18.9. The van der Waals surface area contributed by atoms with Crippen molar-refractivity contribution in [2.75, 3.05) is 27.2 Å². The summed E-state index contributed by atoms with van der Waals surface area (Å²) < 4.78 is 45.2. The van der Waals surface area contributed by atoms with Crippen LogP contribution in [0, 0.1) is 19.7 Å². The number of para-hydroxylation sites is 1. The minimum absolute atomic E-state index is 0.154. The van der Waals surface area contributed by atoms with Crippen LogP contribution in [0.15, 0.2) is 59.5 Å². The zero-order chi connectivity index (χ0) is 29.2. The van der Waals surface area contributed by atoms with Crippen molar-refractivity contribution in [2.45, 2.75) is 57.1 Å². The van der Waals surface area contributed by atoms with Gasteiger partial charge in [0.05, 0.1) is 13.0 Å². The third-order valence-corrected chi connectivity index (χ3v) is 9.36. The molecular weight excluding hydrogens is 531 g/mol. The Balaban J connectivity index is 1.73. The van der Waals surface area contributed by atoms with Crippen molar-refractivity contribution < 1.29 is 28.1 Å². The van der Waals surface area contributed by atoms with E-state index in [1.54, 1.807) is 28.6 Å². The van der Waals surface area contributed by atoms with Gasteiger partial charge in [-0.15, -0.1) is 10.8 Å². The first-order valence-corrected chi connectivity index (χ1v) is 14.9. The number of hydrogen-bond donors (Lipinski definition) is 3. The zero-order valence-electron chi connectivity index (χ0n) is 23.7. The Morgan fingerprint density at radius 1 is 1.10 bits per heavy atom. The third-order valence-electron chi connectivity index (χ3n) is 7.43. The van der Waals surface area contributed by atoms with E-state index in [4.69, 9.17) is 4.74 Å². The highest BCUT2D eigenvalue weighted by molar-refractivity contribution is 8.22. The Bertz CT molecular complexity index is 1380. The SMILES string of the molecule is Cc1ccc(C(CC(=O)O)c2cc(CCN(C)C)c(F)cc2C)cc1CN1CC(C)Oc2ccccc2S1(O)O. The minimum Gasteiger partial charge on any atom is -0.487 e. The normalized spacial score (nSPS) is 18.5. The molecule has 216 valence electrons. The largest absolute Gasteiger partial charge is 0.487 e. The molecule has 0 radical (unpaired) electrons. The number of aryl methyl sites for hydroxylation is 2. The van der Waals surface area contributed by atoms with Crippen molar-refractivity contribution in [3.05, 3.63) is 93.8 Å². The smallest absolute Gasteiger partial charge is 0.304 e. The number of fused-ring (bicyclic) bond motifs is 1. The highest BCUT2D eigenvalue weighted by Crippen LogP contribution is 2.57. The van der Waals surface area contributed by atoms with Gasteiger partial charge in [-0.05, 0) is 92.9 Å². The van der Waals surface area contributed by atoms with Crippen molar-refractivity contribution in [3.8, 4) is 5.75 Å². The molecule has 0 aromatic heterocycles. The van der Waals surface area contributed by atoms with Crippen LogP contribution in [-0.4, -0.2) is 62.7 Å². The van der Waals surface area contributed by atoms with Crippen LogP contribution in [0.5, 0.6) is 5.75 Å². The number of halogens is 1. The van der Waals surface area contributed by atoms with E-state index in [0.29, 0.717) is 41.3 Å². The molecule has 0 bridgehead atoms. The van der Waals surface area contributed by atoms with E-state index >= 15 is 0 Å². The molecular formula is C31H39FN2O5S. The van der Waals surface area contributed by atoms with Crippen LogP contribution >= 0.6 is 10.8 Å². The van der Waals surface area contributed by atoms with E-state index < -0.39 is 22.7 Å². The molecule has 3 aromatic carbocycles. The fourth-order valence-corrected chi connectivity index (χ4v) is 6.87. The molecule has 2 unspecified atom stereocenters. The van der Waals surface area contributed by atoms with Gasteiger partial charge in [0.25, 0.3) is 0 Å². The van der Waals surface area contributed by atoms with E-state index in [1.165, 1.54) is 6.07 Å². The number of ether oxygens (including phenoxy) is 1. The standard InChI is InChI=1S/C31H39FN2O5S/c1-20-10-11-23(27(17-31(35)36)26-16-24(12-13-33(4)5)28(32)14-21(26)2)15-25(20)19-34-18-22(3)39-29-8-6-7-9-30(29)40(34,37)38/h6-11,14-16,22,27,37-38H,12-13,17-19H2,1-5H3,(H,35,36). The van der Waals surface area contributed by atoms with Crippen LogP contribution < -0.4 is 4.74 Å². The molecule has 4 rings (SSSR count). The Hall–Kier alpha value is -2.95. The molecule has 3 aromatic rings. The van der Waals surface area contributed by atoms with Crippen molar-refractivity contribution >= 4 is 16.7 Å². The highest BCUT2D eigenvalue weighted by atomic mass is 32.3. The molecule has 0 saturated heterocycles. The maximum absolute atomic E-state index is 14.8. The topological polar surface area (TPSA) is 93.5 Å². The molecule has 1 aliphatic heterocycles. The number of carboxylic acids is 1. The lowest BCUT2D eigenvalue weighted by Gasteiger charge is -2.42. The second-order valence-corrected chi connectivity index (χ2v) is 12.9. The molecule has 1 aliphatic rings. The molecule has 0 fully saturated rings. The lowest BCUT2D eigenvalue weighted by Crippen LogP contribution is -2.33. The van der Waals surface area contributed by atoms with Crippen molar-refractivity contribution in [3.63, 3.8) is 0 Å². The summed E-state index contributed by atoms with van der Waals surface area (Å²) in [4.78, 5) is 14.3. The van der Waals surface area contributed by atoms with Gasteiger partial charge in [0, 0.05) is 19.0 Å². The van der Waals surface area contributed by atoms with Crippen molar-refractivity contribution in [1.29, 1.82) is 0 Å². The van der Waals surface area contributed by atoms with Gasteiger partial charge in [-0.3, -0.25) is 13.9 Å². The summed E-state index contributed by atoms with van der Waals surface area (Å²) in [6, 6.07) is 16.1. The fraction of sp³-hybridized carbons (Fsp3) is 0.387. The molecule has 0 aliphatic carbocycles. The molecule has 3 N–H and O–H groups in total. The monoisotopic (exact) mass is 570 g/mol. The van der Waals surface area contributed by atoms with E-state index in [0.717, 1.165) is 22.3 Å². The first kappa shape index (κ1) is 30.0. The third kappa shape index (κ3) is 6.67. The second kappa shape index (κ2) is 12.3. The average Bonchev–Trinajstić information content (AvgIpc) is 2.96. The molecule has 0 saturated carbocycles. The Morgan fingerprint density at radius 3 is 2.52 bits per heavy atom. The number of likely N-dealkylation sites (N-methyl/N-ethyl adjacent to an activating group) is 1. The molecule has 9 heteroatoms. The van der Waals surface area contributed by atoms with Gasteiger partial charge >= 0.3 is 5.97 Å². The number of nitrogens with zero attached hydrogens (tertiary/aromatic N) is 2. The van der Waals surface area contributed by atoms with Gasteiger partial charge in [0.1, 0.15) is 22.6 Å². The summed E-state index contributed by atoms with van der Waals surface area (Å²) in [5.74, 6) is -1.27. The van der Waals surface area contributed by atoms with Crippen LogP contribution in [-0.2, 0) is 17.8 Å². The van der Waals surface area contributed by atoms with Gasteiger partial charge in [-0.25, -0.2) is 4.39 Å². The predicted molar refractivity (Wildman–Crippen MR) is 157 cm³/mol. The molecule has 1 heterocycles. The molecule has 7 nitrogen and oxygen atoms in total. The molecule has 2 atom stereocenters. The summed E-state index contributed by atoms with van der Waals surface area (Å²) in [5, 5.41) is 9.84. The predicted octanol–water partition coefficient (Wildman–Crippen LogP) is 6.46. The number of carboxylic acid groups (broad SMARTS) is 1. The quantitative estimate of drug-likeness (QED) is 0.272. The maximum Gasteiger partial charge on any atom is 0.304 e. The van der Waals surface area contributed by atoms with E-state index in [9.17, 15) is 23.4 Å². The van der Waals surface area contributed by atoms with Crippen LogP contribution in [0.2, 0.25) is 0 Å². The number of carbonyl (C=O) groups is 1. The second-order valence-electron chi connectivity index (χ2n) is 10.9. The Labute approximate surface area is 237 Å². The number of rotatable bonds is 9. The molecule has 0 spiro atoms. The molecule has 40 heavy (non-hydrogen) atoms. The summed E-state index contributed by atoms with van der Waals surface area (Å²) >= 11 is 0. The van der Waals surface area contributed by atoms with Crippen molar-refractivity contribution in [1.82, 2.24) is 9.21 Å². The van der Waals surface area contributed by atoms with E-state index in [1.807, 2.05) is 64.0 Å². The number of hydrogen-bond acceptors (Lipinski definition) is 6. The van der Waals surface area contributed by atoms with Gasteiger partial charge < -0.3 is 14.7 Å². The highest BCUT2D eigenvalue weighted by Gasteiger charge is 2.34. The maximum atomic E-state index is 14.8. The van der Waals surface area contributed by atoms with Crippen LogP contribution in [0.4, 0.5) is 4.39 Å². The van der Waals surface area contributed by atoms with Gasteiger partial charge in [-0.1, -0.05) is 36.4 Å². The van der Waals surface area contributed by atoms with Crippen LogP contribution in [0.25, 0.3) is 0 Å². The summed E-state index contributed by atoms with van der Waals surface area (Å²) in [5.41, 5.74) is 4.62.